The van der Waals surface area contributed by atoms with Gasteiger partial charge in [-0.15, -0.1) is 0 Å². The quantitative estimate of drug-likeness (QED) is 0.933. The van der Waals surface area contributed by atoms with Crippen LogP contribution in [0.5, 0.6) is 0 Å². The Bertz CT molecular complexity index is 552. The van der Waals surface area contributed by atoms with E-state index in [9.17, 15) is 0 Å². The molecule has 18 heavy (non-hydrogen) atoms. The van der Waals surface area contributed by atoms with Crippen LogP contribution in [-0.2, 0) is 6.54 Å². The van der Waals surface area contributed by atoms with Crippen LogP contribution in [0.15, 0.2) is 24.5 Å². The Morgan fingerprint density at radius 3 is 2.78 bits per heavy atom. The van der Waals surface area contributed by atoms with Crippen molar-refractivity contribution in [1.29, 1.82) is 0 Å². The second kappa shape index (κ2) is 5.74. The van der Waals surface area contributed by atoms with Crippen molar-refractivity contribution >= 4 is 23.2 Å². The van der Waals surface area contributed by atoms with Crippen LogP contribution >= 0.6 is 23.2 Å². The van der Waals surface area contributed by atoms with E-state index in [0.29, 0.717) is 23.0 Å². The maximum absolute atomic E-state index is 8.88. The zero-order valence-electron chi connectivity index (χ0n) is 10.0. The first-order valence-electron chi connectivity index (χ1n) is 5.72. The molecule has 96 valence electrons. The molecule has 0 unspecified atom stereocenters. The van der Waals surface area contributed by atoms with Gasteiger partial charge in [-0.25, -0.2) is 4.98 Å². The van der Waals surface area contributed by atoms with Gasteiger partial charge in [0.1, 0.15) is 5.82 Å². The normalized spacial score (nSPS) is 10.9. The molecule has 0 aliphatic heterocycles. The van der Waals surface area contributed by atoms with Crippen molar-refractivity contribution in [3.8, 4) is 11.4 Å². The predicted molar refractivity (Wildman–Crippen MR) is 74.1 cm³/mol. The number of aliphatic hydroxyl groups excluding tert-OH is 1. The second-order valence-corrected chi connectivity index (χ2v) is 4.84. The van der Waals surface area contributed by atoms with Gasteiger partial charge in [-0.05, 0) is 25.0 Å². The van der Waals surface area contributed by atoms with Crippen LogP contribution in [0, 0.1) is 6.92 Å². The molecule has 0 amide bonds. The fourth-order valence-corrected chi connectivity index (χ4v) is 2.25. The van der Waals surface area contributed by atoms with Crippen LogP contribution in [0.2, 0.25) is 10.0 Å². The first-order chi connectivity index (χ1) is 8.65. The molecule has 0 radical (unpaired) electrons. The summed E-state index contributed by atoms with van der Waals surface area (Å²) in [6.07, 6.45) is 4.27. The summed E-state index contributed by atoms with van der Waals surface area (Å²) in [5.74, 6) is 0.773. The summed E-state index contributed by atoms with van der Waals surface area (Å²) in [6, 6.07) is 3.84. The molecular weight excluding hydrogens is 271 g/mol. The Hall–Kier alpha value is -1.03. The first kappa shape index (κ1) is 13.4. The number of aryl methyl sites for hydroxylation is 2. The first-order valence-corrected chi connectivity index (χ1v) is 6.47. The molecule has 1 N–H and O–H groups in total. The third-order valence-corrected chi connectivity index (χ3v) is 3.77. The van der Waals surface area contributed by atoms with Gasteiger partial charge in [0, 0.05) is 31.1 Å². The van der Waals surface area contributed by atoms with Crippen LogP contribution < -0.4 is 0 Å². The Morgan fingerprint density at radius 1 is 1.28 bits per heavy atom. The Balaban J connectivity index is 2.43. The van der Waals surface area contributed by atoms with Gasteiger partial charge in [0.05, 0.1) is 10.0 Å². The van der Waals surface area contributed by atoms with Gasteiger partial charge in [0.15, 0.2) is 0 Å². The number of nitrogens with zero attached hydrogens (tertiary/aromatic N) is 2. The Kier molecular flexibility index (Phi) is 4.27. The number of imidazole rings is 1. The lowest BCUT2D eigenvalue weighted by Gasteiger charge is -2.10. The van der Waals surface area contributed by atoms with Crippen molar-refractivity contribution in [2.75, 3.05) is 6.61 Å². The van der Waals surface area contributed by atoms with Gasteiger partial charge in [-0.3, -0.25) is 0 Å². The molecule has 0 aliphatic rings. The molecule has 5 heteroatoms. The Labute approximate surface area is 116 Å². The molecule has 1 aromatic carbocycles. The summed E-state index contributed by atoms with van der Waals surface area (Å²) in [5, 5.41) is 9.96. The highest BCUT2D eigenvalue weighted by Gasteiger charge is 2.13. The average Bonchev–Trinajstić information content (AvgIpc) is 2.82. The summed E-state index contributed by atoms with van der Waals surface area (Å²) >= 11 is 12.4. The lowest BCUT2D eigenvalue weighted by molar-refractivity contribution is 0.280. The highest BCUT2D eigenvalue weighted by molar-refractivity contribution is 6.44. The molecule has 1 heterocycles. The smallest absolute Gasteiger partial charge is 0.141 e. The van der Waals surface area contributed by atoms with Crippen LogP contribution in [0.3, 0.4) is 0 Å². The van der Waals surface area contributed by atoms with E-state index >= 15 is 0 Å². The zero-order valence-corrected chi connectivity index (χ0v) is 11.5. The number of benzene rings is 1. The van der Waals surface area contributed by atoms with Crippen LogP contribution in [0.4, 0.5) is 0 Å². The topological polar surface area (TPSA) is 38.0 Å². The van der Waals surface area contributed by atoms with Gasteiger partial charge in [-0.2, -0.15) is 0 Å². The number of aliphatic hydroxyl groups is 1. The third-order valence-electron chi connectivity index (χ3n) is 2.79. The van der Waals surface area contributed by atoms with E-state index < -0.39 is 0 Å². The molecule has 0 spiro atoms. The van der Waals surface area contributed by atoms with Crippen LogP contribution in [0.25, 0.3) is 11.4 Å². The van der Waals surface area contributed by atoms with Gasteiger partial charge in [0.2, 0.25) is 0 Å². The van der Waals surface area contributed by atoms with Crippen molar-refractivity contribution < 1.29 is 5.11 Å². The van der Waals surface area contributed by atoms with Gasteiger partial charge < -0.3 is 9.67 Å². The largest absolute Gasteiger partial charge is 0.396 e. The van der Waals surface area contributed by atoms with Gasteiger partial charge >= 0.3 is 0 Å². The molecule has 0 atom stereocenters. The van der Waals surface area contributed by atoms with Gasteiger partial charge in [-0.1, -0.05) is 29.3 Å². The van der Waals surface area contributed by atoms with Crippen LogP contribution in [0.1, 0.15) is 12.0 Å². The molecule has 1 aromatic heterocycles. The third kappa shape index (κ3) is 2.53. The van der Waals surface area contributed by atoms with Crippen molar-refractivity contribution in [2.45, 2.75) is 19.9 Å². The Morgan fingerprint density at radius 2 is 2.06 bits per heavy atom. The molecule has 0 aliphatic carbocycles. The summed E-state index contributed by atoms with van der Waals surface area (Å²) in [6.45, 7) is 2.77. The van der Waals surface area contributed by atoms with E-state index in [1.165, 1.54) is 0 Å². The fourth-order valence-electron chi connectivity index (χ4n) is 1.79. The zero-order chi connectivity index (χ0) is 13.1. The molecule has 2 rings (SSSR count). The monoisotopic (exact) mass is 284 g/mol. The van der Waals surface area contributed by atoms with E-state index in [-0.39, 0.29) is 6.61 Å². The van der Waals surface area contributed by atoms with E-state index in [4.69, 9.17) is 28.3 Å². The average molecular weight is 285 g/mol. The molecule has 0 fully saturated rings. The molecule has 3 nitrogen and oxygen atoms in total. The van der Waals surface area contributed by atoms with E-state index in [2.05, 4.69) is 4.98 Å². The minimum Gasteiger partial charge on any atom is -0.396 e. The molecule has 0 saturated carbocycles. The SMILES string of the molecule is Cc1ccc(-c2nccn2CCCO)c(Cl)c1Cl. The number of halogens is 2. The minimum absolute atomic E-state index is 0.153. The van der Waals surface area contributed by atoms with Crippen molar-refractivity contribution in [2.24, 2.45) is 0 Å². The summed E-state index contributed by atoms with van der Waals surface area (Å²) in [7, 11) is 0. The number of hydrogen-bond acceptors (Lipinski definition) is 2. The minimum atomic E-state index is 0.153. The highest BCUT2D eigenvalue weighted by atomic mass is 35.5. The summed E-state index contributed by atoms with van der Waals surface area (Å²) in [5.41, 5.74) is 1.76. The molecule has 0 bridgehead atoms. The summed E-state index contributed by atoms with van der Waals surface area (Å²) < 4.78 is 1.96. The standard InChI is InChI=1S/C13H14Cl2N2O/c1-9-3-4-10(12(15)11(9)14)13-16-5-7-17(13)6-2-8-18/h3-5,7,18H,2,6,8H2,1H3. The van der Waals surface area contributed by atoms with Crippen LogP contribution in [-0.4, -0.2) is 21.3 Å². The van der Waals surface area contributed by atoms with E-state index in [1.54, 1.807) is 6.20 Å². The van der Waals surface area contributed by atoms with E-state index in [1.807, 2.05) is 29.8 Å². The van der Waals surface area contributed by atoms with Crippen molar-refractivity contribution in [3.05, 3.63) is 40.1 Å². The lowest BCUT2D eigenvalue weighted by atomic mass is 10.1. The molecule has 0 saturated heterocycles. The molecule has 2 aromatic rings. The lowest BCUT2D eigenvalue weighted by Crippen LogP contribution is -2.02. The van der Waals surface area contributed by atoms with Gasteiger partial charge in [0.25, 0.3) is 0 Å². The van der Waals surface area contributed by atoms with E-state index in [0.717, 1.165) is 17.0 Å². The number of aromatic nitrogens is 2. The maximum Gasteiger partial charge on any atom is 0.141 e. The molecular formula is C13H14Cl2N2O. The number of rotatable bonds is 4. The van der Waals surface area contributed by atoms with Crippen molar-refractivity contribution in [3.63, 3.8) is 0 Å². The second-order valence-electron chi connectivity index (χ2n) is 4.08. The fraction of sp³-hybridized carbons (Fsp3) is 0.308. The highest BCUT2D eigenvalue weighted by Crippen LogP contribution is 2.34. The summed E-state index contributed by atoms with van der Waals surface area (Å²) in [4.78, 5) is 4.31. The maximum atomic E-state index is 8.88. The van der Waals surface area contributed by atoms with Crippen molar-refractivity contribution in [1.82, 2.24) is 9.55 Å². The predicted octanol–water partition coefficient (Wildman–Crippen LogP) is 3.55. The number of hydrogen-bond donors (Lipinski definition) is 1.